The van der Waals surface area contributed by atoms with Gasteiger partial charge in [-0.15, -0.1) is 11.3 Å². The molecule has 0 aliphatic heterocycles. The standard InChI is InChI=1S/C15H19N3O2S/c1-10-8-11(10)9-16-13(19)5-2-6-14-17-15(18-20-14)12-4-3-7-21-12/h3-4,7,10-11H,2,5-6,8-9H2,1H3,(H,16,19). The molecule has 2 heterocycles. The van der Waals surface area contributed by atoms with Gasteiger partial charge in [-0.2, -0.15) is 4.98 Å². The van der Waals surface area contributed by atoms with Crippen molar-refractivity contribution in [2.24, 2.45) is 11.8 Å². The fourth-order valence-corrected chi connectivity index (χ4v) is 2.93. The summed E-state index contributed by atoms with van der Waals surface area (Å²) in [6.45, 7) is 3.04. The van der Waals surface area contributed by atoms with E-state index in [9.17, 15) is 4.79 Å². The van der Waals surface area contributed by atoms with E-state index >= 15 is 0 Å². The summed E-state index contributed by atoms with van der Waals surface area (Å²) < 4.78 is 5.21. The normalized spacial score (nSPS) is 20.4. The quantitative estimate of drug-likeness (QED) is 0.854. The third-order valence-electron chi connectivity index (χ3n) is 3.84. The molecule has 112 valence electrons. The highest BCUT2D eigenvalue weighted by Gasteiger charge is 2.32. The number of carbonyl (C=O) groups is 1. The molecule has 2 atom stereocenters. The van der Waals surface area contributed by atoms with E-state index in [2.05, 4.69) is 22.4 Å². The highest BCUT2D eigenvalue weighted by Crippen LogP contribution is 2.36. The Hall–Kier alpha value is -1.69. The predicted octanol–water partition coefficient (Wildman–Crippen LogP) is 2.89. The van der Waals surface area contributed by atoms with Crippen molar-refractivity contribution in [2.75, 3.05) is 6.54 Å². The molecular weight excluding hydrogens is 286 g/mol. The molecule has 0 bridgehead atoms. The average Bonchev–Trinajstić information content (AvgIpc) is 2.93. The molecule has 6 heteroatoms. The van der Waals surface area contributed by atoms with Crippen LogP contribution in [0.2, 0.25) is 0 Å². The minimum Gasteiger partial charge on any atom is -0.356 e. The number of thiophene rings is 1. The maximum Gasteiger partial charge on any atom is 0.226 e. The molecule has 1 fully saturated rings. The molecule has 0 radical (unpaired) electrons. The molecule has 0 saturated heterocycles. The molecule has 1 aliphatic carbocycles. The molecule has 2 aromatic rings. The van der Waals surface area contributed by atoms with Crippen LogP contribution in [0.3, 0.4) is 0 Å². The fourth-order valence-electron chi connectivity index (χ4n) is 2.28. The van der Waals surface area contributed by atoms with E-state index in [0.29, 0.717) is 30.5 Å². The SMILES string of the molecule is CC1CC1CNC(=O)CCCc1nc(-c2cccs2)no1. The van der Waals surface area contributed by atoms with Crippen LogP contribution >= 0.6 is 11.3 Å². The molecule has 2 unspecified atom stereocenters. The topological polar surface area (TPSA) is 68.0 Å². The van der Waals surface area contributed by atoms with Crippen LogP contribution in [-0.4, -0.2) is 22.6 Å². The number of nitrogens with zero attached hydrogens (tertiary/aromatic N) is 2. The van der Waals surface area contributed by atoms with Crippen LogP contribution in [0.1, 0.15) is 32.1 Å². The number of aromatic nitrogens is 2. The molecule has 3 rings (SSSR count). The van der Waals surface area contributed by atoms with Gasteiger partial charge in [-0.25, -0.2) is 0 Å². The maximum atomic E-state index is 11.7. The molecule has 2 aromatic heterocycles. The van der Waals surface area contributed by atoms with Gasteiger partial charge in [-0.05, 0) is 36.1 Å². The van der Waals surface area contributed by atoms with Crippen molar-refractivity contribution in [3.63, 3.8) is 0 Å². The Morgan fingerprint density at radius 2 is 2.43 bits per heavy atom. The zero-order valence-electron chi connectivity index (χ0n) is 12.0. The number of rotatable bonds is 7. The highest BCUT2D eigenvalue weighted by molar-refractivity contribution is 7.13. The summed E-state index contributed by atoms with van der Waals surface area (Å²) in [5.41, 5.74) is 0. The van der Waals surface area contributed by atoms with Crippen molar-refractivity contribution < 1.29 is 9.32 Å². The molecule has 0 spiro atoms. The number of nitrogens with one attached hydrogen (secondary N) is 1. The minimum absolute atomic E-state index is 0.118. The second-order valence-electron chi connectivity index (χ2n) is 5.62. The van der Waals surface area contributed by atoms with Gasteiger partial charge in [-0.1, -0.05) is 18.1 Å². The fraction of sp³-hybridized carbons (Fsp3) is 0.533. The lowest BCUT2D eigenvalue weighted by Crippen LogP contribution is -2.25. The smallest absolute Gasteiger partial charge is 0.226 e. The first kappa shape index (κ1) is 14.3. The van der Waals surface area contributed by atoms with Crippen molar-refractivity contribution in [3.05, 3.63) is 23.4 Å². The third kappa shape index (κ3) is 3.91. The van der Waals surface area contributed by atoms with Crippen molar-refractivity contribution in [3.8, 4) is 10.7 Å². The van der Waals surface area contributed by atoms with Crippen LogP contribution in [0.25, 0.3) is 10.7 Å². The van der Waals surface area contributed by atoms with Crippen LogP contribution in [0.15, 0.2) is 22.0 Å². The molecule has 1 saturated carbocycles. The van der Waals surface area contributed by atoms with Gasteiger partial charge in [0.1, 0.15) is 0 Å². The van der Waals surface area contributed by atoms with E-state index in [-0.39, 0.29) is 5.91 Å². The lowest BCUT2D eigenvalue weighted by molar-refractivity contribution is -0.121. The van der Waals surface area contributed by atoms with Crippen molar-refractivity contribution in [1.29, 1.82) is 0 Å². The van der Waals surface area contributed by atoms with Crippen molar-refractivity contribution in [2.45, 2.75) is 32.6 Å². The summed E-state index contributed by atoms with van der Waals surface area (Å²) in [6, 6.07) is 3.92. The number of amides is 1. The Bertz CT molecular complexity index is 594. The molecule has 1 amide bonds. The first-order valence-electron chi connectivity index (χ1n) is 7.35. The highest BCUT2D eigenvalue weighted by atomic mass is 32.1. The Morgan fingerprint density at radius 1 is 1.57 bits per heavy atom. The largest absolute Gasteiger partial charge is 0.356 e. The minimum atomic E-state index is 0.118. The van der Waals surface area contributed by atoms with E-state index in [1.165, 1.54) is 6.42 Å². The number of hydrogen-bond donors (Lipinski definition) is 1. The summed E-state index contributed by atoms with van der Waals surface area (Å²) in [6.07, 6.45) is 3.13. The first-order valence-corrected chi connectivity index (χ1v) is 8.23. The summed E-state index contributed by atoms with van der Waals surface area (Å²) in [5, 5.41) is 8.92. The second-order valence-corrected chi connectivity index (χ2v) is 6.57. The van der Waals surface area contributed by atoms with Gasteiger partial charge in [0.05, 0.1) is 4.88 Å². The van der Waals surface area contributed by atoms with Crippen LogP contribution in [0, 0.1) is 11.8 Å². The van der Waals surface area contributed by atoms with Crippen LogP contribution < -0.4 is 5.32 Å². The predicted molar refractivity (Wildman–Crippen MR) is 80.8 cm³/mol. The van der Waals surface area contributed by atoms with Gasteiger partial charge in [0.15, 0.2) is 0 Å². The Balaban J connectivity index is 1.38. The summed E-state index contributed by atoms with van der Waals surface area (Å²) in [5.74, 6) is 2.82. The third-order valence-corrected chi connectivity index (χ3v) is 4.71. The van der Waals surface area contributed by atoms with Gasteiger partial charge < -0.3 is 9.84 Å². The van der Waals surface area contributed by atoms with E-state index in [1.54, 1.807) is 11.3 Å². The lowest BCUT2D eigenvalue weighted by atomic mass is 10.2. The average molecular weight is 305 g/mol. The molecule has 21 heavy (non-hydrogen) atoms. The maximum absolute atomic E-state index is 11.7. The van der Waals surface area contributed by atoms with Crippen LogP contribution in [0.4, 0.5) is 0 Å². The number of aryl methyl sites for hydroxylation is 1. The van der Waals surface area contributed by atoms with Crippen LogP contribution in [-0.2, 0) is 11.2 Å². The van der Waals surface area contributed by atoms with Crippen LogP contribution in [0.5, 0.6) is 0 Å². The first-order chi connectivity index (χ1) is 10.2. The van der Waals surface area contributed by atoms with E-state index in [0.717, 1.165) is 23.8 Å². The number of carbonyl (C=O) groups excluding carboxylic acids is 1. The second kappa shape index (κ2) is 6.39. The Labute approximate surface area is 127 Å². The van der Waals surface area contributed by atoms with Gasteiger partial charge in [0.2, 0.25) is 17.6 Å². The number of hydrogen-bond acceptors (Lipinski definition) is 5. The lowest BCUT2D eigenvalue weighted by Gasteiger charge is -2.02. The summed E-state index contributed by atoms with van der Waals surface area (Å²) in [7, 11) is 0. The van der Waals surface area contributed by atoms with Gasteiger partial charge in [0.25, 0.3) is 0 Å². The molecular formula is C15H19N3O2S. The van der Waals surface area contributed by atoms with Gasteiger partial charge >= 0.3 is 0 Å². The van der Waals surface area contributed by atoms with E-state index in [1.807, 2.05) is 17.5 Å². The van der Waals surface area contributed by atoms with Crippen molar-refractivity contribution >= 4 is 17.2 Å². The molecule has 1 aliphatic rings. The molecule has 1 N–H and O–H groups in total. The summed E-state index contributed by atoms with van der Waals surface area (Å²) in [4.78, 5) is 17.0. The zero-order chi connectivity index (χ0) is 14.7. The van der Waals surface area contributed by atoms with Crippen molar-refractivity contribution in [1.82, 2.24) is 15.5 Å². The molecule has 0 aromatic carbocycles. The van der Waals surface area contributed by atoms with Gasteiger partial charge in [0, 0.05) is 19.4 Å². The van der Waals surface area contributed by atoms with E-state index in [4.69, 9.17) is 4.52 Å². The van der Waals surface area contributed by atoms with Gasteiger partial charge in [-0.3, -0.25) is 4.79 Å². The zero-order valence-corrected chi connectivity index (χ0v) is 12.9. The monoisotopic (exact) mass is 305 g/mol. The Kier molecular flexibility index (Phi) is 4.34. The summed E-state index contributed by atoms with van der Waals surface area (Å²) >= 11 is 1.58. The Morgan fingerprint density at radius 3 is 3.14 bits per heavy atom. The molecule has 5 nitrogen and oxygen atoms in total. The van der Waals surface area contributed by atoms with E-state index < -0.39 is 0 Å².